The van der Waals surface area contributed by atoms with Crippen molar-refractivity contribution in [2.75, 3.05) is 14.2 Å². The first kappa shape index (κ1) is 20.3. The number of methoxy groups -OCH3 is 1. The molecule has 0 unspecified atom stereocenters. The highest BCUT2D eigenvalue weighted by Gasteiger charge is 2.33. The van der Waals surface area contributed by atoms with E-state index in [9.17, 15) is 22.8 Å². The second-order valence-corrected chi connectivity index (χ2v) is 4.03. The van der Waals surface area contributed by atoms with Gasteiger partial charge in [-0.05, 0) is 5.10 Å². The van der Waals surface area contributed by atoms with Gasteiger partial charge in [0, 0.05) is 13.1 Å². The van der Waals surface area contributed by atoms with Gasteiger partial charge in [0.1, 0.15) is 12.6 Å². The molecule has 1 heterocycles. The molecular formula is C13H17F3N3O4+. The van der Waals surface area contributed by atoms with E-state index in [1.165, 1.54) is 17.9 Å². The molecule has 2 N–H and O–H groups in total. The average molecular weight is 336 g/mol. The number of carbonyl (C=O) groups is 2. The van der Waals surface area contributed by atoms with Crippen LogP contribution in [0.5, 0.6) is 0 Å². The maximum atomic E-state index is 11.2. The number of allylic oxidation sites excluding steroid dienone is 1. The van der Waals surface area contributed by atoms with Crippen LogP contribution in [0.25, 0.3) is 0 Å². The number of aromatic nitrogens is 2. The SMILES string of the molecule is C=C(OC)C(F)(F)F.CNC(=O)c1cc[n+](CCC(=O)O)nc1. The molecule has 1 rings (SSSR count). The van der Waals surface area contributed by atoms with Crippen LogP contribution < -0.4 is 10.00 Å². The maximum Gasteiger partial charge on any atom is 0.448 e. The van der Waals surface area contributed by atoms with Gasteiger partial charge < -0.3 is 15.2 Å². The number of aliphatic carboxylic acids is 1. The van der Waals surface area contributed by atoms with Crippen molar-refractivity contribution in [3.05, 3.63) is 36.4 Å². The zero-order valence-corrected chi connectivity index (χ0v) is 12.6. The van der Waals surface area contributed by atoms with Gasteiger partial charge in [0.25, 0.3) is 5.91 Å². The lowest BCUT2D eigenvalue weighted by molar-refractivity contribution is -0.753. The summed E-state index contributed by atoms with van der Waals surface area (Å²) in [5, 5.41) is 14.8. The Labute approximate surface area is 130 Å². The van der Waals surface area contributed by atoms with Gasteiger partial charge in [-0.3, -0.25) is 9.59 Å². The lowest BCUT2D eigenvalue weighted by atomic mass is 10.3. The molecule has 0 aliphatic rings. The molecule has 0 aliphatic heterocycles. The van der Waals surface area contributed by atoms with Crippen LogP contribution in [0.15, 0.2) is 30.8 Å². The van der Waals surface area contributed by atoms with Gasteiger partial charge in [0.05, 0.1) is 12.7 Å². The number of hydrogen-bond acceptors (Lipinski definition) is 4. The van der Waals surface area contributed by atoms with Crippen LogP contribution >= 0.6 is 0 Å². The third kappa shape index (κ3) is 8.39. The zero-order chi connectivity index (χ0) is 18.0. The Kier molecular flexibility index (Phi) is 8.30. The molecule has 0 saturated heterocycles. The van der Waals surface area contributed by atoms with Crippen molar-refractivity contribution in [3.63, 3.8) is 0 Å². The van der Waals surface area contributed by atoms with E-state index in [0.29, 0.717) is 12.1 Å². The molecule has 0 bridgehead atoms. The summed E-state index contributed by atoms with van der Waals surface area (Å²) in [6, 6.07) is 1.59. The van der Waals surface area contributed by atoms with Crippen molar-refractivity contribution >= 4 is 11.9 Å². The quantitative estimate of drug-likeness (QED) is 0.616. The lowest BCUT2D eigenvalue weighted by Crippen LogP contribution is -2.39. The first-order valence-corrected chi connectivity index (χ1v) is 6.21. The van der Waals surface area contributed by atoms with Crippen molar-refractivity contribution in [3.8, 4) is 0 Å². The largest absolute Gasteiger partial charge is 0.493 e. The van der Waals surface area contributed by atoms with E-state index in [0.717, 1.165) is 7.11 Å². The number of halogens is 3. The van der Waals surface area contributed by atoms with E-state index in [2.05, 4.69) is 21.7 Å². The Morgan fingerprint density at radius 3 is 2.39 bits per heavy atom. The normalized spacial score (nSPS) is 10.1. The third-order valence-corrected chi connectivity index (χ3v) is 2.38. The molecule has 0 radical (unpaired) electrons. The smallest absolute Gasteiger partial charge is 0.448 e. The Hall–Kier alpha value is -2.65. The van der Waals surface area contributed by atoms with E-state index in [4.69, 9.17) is 5.11 Å². The van der Waals surface area contributed by atoms with Crippen LogP contribution in [0.1, 0.15) is 16.8 Å². The highest BCUT2D eigenvalue weighted by molar-refractivity contribution is 5.93. The minimum Gasteiger partial charge on any atom is -0.493 e. The Morgan fingerprint density at radius 1 is 1.48 bits per heavy atom. The van der Waals surface area contributed by atoms with Crippen LogP contribution in [0, 0.1) is 0 Å². The summed E-state index contributed by atoms with van der Waals surface area (Å²) >= 11 is 0. The maximum absolute atomic E-state index is 11.2. The molecular weight excluding hydrogens is 319 g/mol. The molecule has 1 aromatic heterocycles. The summed E-state index contributed by atoms with van der Waals surface area (Å²) < 4.78 is 38.9. The third-order valence-electron chi connectivity index (χ3n) is 2.38. The van der Waals surface area contributed by atoms with Crippen molar-refractivity contribution in [2.45, 2.75) is 19.1 Å². The number of nitrogens with zero attached hydrogens (tertiary/aromatic N) is 2. The molecule has 0 atom stereocenters. The first-order chi connectivity index (χ1) is 10.6. The van der Waals surface area contributed by atoms with Crippen LogP contribution in [0.3, 0.4) is 0 Å². The van der Waals surface area contributed by atoms with Crippen molar-refractivity contribution in [1.82, 2.24) is 10.4 Å². The fourth-order valence-corrected chi connectivity index (χ4v) is 1.12. The summed E-state index contributed by atoms with van der Waals surface area (Å²) in [5.41, 5.74) is 0.448. The summed E-state index contributed by atoms with van der Waals surface area (Å²) in [5.74, 6) is -2.26. The number of carboxylic acid groups (broad SMARTS) is 1. The molecule has 1 aromatic rings. The molecule has 0 aromatic carbocycles. The Bertz CT molecular complexity index is 544. The average Bonchev–Trinajstić information content (AvgIpc) is 2.51. The first-order valence-electron chi connectivity index (χ1n) is 6.21. The molecule has 23 heavy (non-hydrogen) atoms. The summed E-state index contributed by atoms with van der Waals surface area (Å²) in [4.78, 5) is 21.4. The van der Waals surface area contributed by atoms with Gasteiger partial charge in [-0.25, -0.2) is 0 Å². The van der Waals surface area contributed by atoms with E-state index < -0.39 is 17.9 Å². The Morgan fingerprint density at radius 2 is 2.09 bits per heavy atom. The van der Waals surface area contributed by atoms with Gasteiger partial charge in [-0.15, -0.1) is 0 Å². The lowest BCUT2D eigenvalue weighted by Gasteiger charge is -2.06. The van der Waals surface area contributed by atoms with Crippen molar-refractivity contribution in [2.24, 2.45) is 0 Å². The number of carbonyl (C=O) groups excluding carboxylic acids is 1. The minimum absolute atomic E-state index is 0.0109. The second-order valence-electron chi connectivity index (χ2n) is 4.03. The number of aryl methyl sites for hydroxylation is 1. The molecule has 1 amide bonds. The number of nitrogens with one attached hydrogen (secondary N) is 1. The van der Waals surface area contributed by atoms with Gasteiger partial charge >= 0.3 is 12.1 Å². The number of hydrogen-bond donors (Lipinski definition) is 2. The topological polar surface area (TPSA) is 92.4 Å². The van der Waals surface area contributed by atoms with E-state index in [1.807, 2.05) is 0 Å². The van der Waals surface area contributed by atoms with Crippen molar-refractivity contribution < 1.29 is 37.3 Å². The zero-order valence-electron chi connectivity index (χ0n) is 12.6. The number of alkyl halides is 3. The van der Waals surface area contributed by atoms with Crippen LogP contribution in [0.2, 0.25) is 0 Å². The van der Waals surface area contributed by atoms with E-state index in [1.54, 1.807) is 12.3 Å². The predicted octanol–water partition coefficient (Wildman–Crippen LogP) is 0.912. The highest BCUT2D eigenvalue weighted by Crippen LogP contribution is 2.23. The van der Waals surface area contributed by atoms with Gasteiger partial charge in [-0.1, -0.05) is 11.3 Å². The monoisotopic (exact) mass is 336 g/mol. The summed E-state index contributed by atoms with van der Waals surface area (Å²) in [6.45, 7) is 2.89. The predicted molar refractivity (Wildman–Crippen MR) is 72.3 cm³/mol. The molecule has 0 aliphatic carbocycles. The number of amides is 1. The number of carboxylic acids is 1. The van der Waals surface area contributed by atoms with Crippen LogP contribution in [0.4, 0.5) is 13.2 Å². The number of rotatable bonds is 5. The Balaban J connectivity index is 0.000000515. The molecule has 7 nitrogen and oxygen atoms in total. The van der Waals surface area contributed by atoms with E-state index >= 15 is 0 Å². The van der Waals surface area contributed by atoms with Crippen LogP contribution in [-0.2, 0) is 16.1 Å². The molecule has 0 spiro atoms. The highest BCUT2D eigenvalue weighted by atomic mass is 19.4. The number of ether oxygens (including phenoxy) is 1. The molecule has 10 heteroatoms. The molecule has 0 saturated carbocycles. The van der Waals surface area contributed by atoms with Crippen molar-refractivity contribution in [1.29, 1.82) is 0 Å². The fourth-order valence-electron chi connectivity index (χ4n) is 1.12. The fraction of sp³-hybridized carbons (Fsp3) is 0.385. The second kappa shape index (κ2) is 9.38. The standard InChI is InChI=1S/C9H11N3O3.C4H5F3O/c1-10-9(15)7-2-4-12(11-6-7)5-3-8(13)14;1-3(8-2)4(5,6)7/h2,4,6H,3,5H2,1H3,(H-,10,13,14,15);1H2,2H3/p+1. The summed E-state index contributed by atoms with van der Waals surface area (Å²) in [6.07, 6.45) is -1.42. The summed E-state index contributed by atoms with van der Waals surface area (Å²) in [7, 11) is 2.46. The van der Waals surface area contributed by atoms with E-state index in [-0.39, 0.29) is 12.3 Å². The van der Waals surface area contributed by atoms with Crippen LogP contribution in [-0.4, -0.2) is 42.4 Å². The van der Waals surface area contributed by atoms with Gasteiger partial charge in [0.2, 0.25) is 0 Å². The molecule has 128 valence electrons. The van der Waals surface area contributed by atoms with Gasteiger partial charge in [-0.2, -0.15) is 13.2 Å². The van der Waals surface area contributed by atoms with Gasteiger partial charge in [0.15, 0.2) is 18.5 Å². The minimum atomic E-state index is -4.41. The molecule has 0 fully saturated rings.